The van der Waals surface area contributed by atoms with Crippen molar-refractivity contribution < 1.29 is 4.79 Å². The lowest BCUT2D eigenvalue weighted by Gasteiger charge is -2.40. The summed E-state index contributed by atoms with van der Waals surface area (Å²) in [6, 6.07) is 12.3. The lowest BCUT2D eigenvalue weighted by Crippen LogP contribution is -2.49. The Hall–Kier alpha value is -3.41. The third-order valence-electron chi connectivity index (χ3n) is 6.73. The molecule has 3 aliphatic heterocycles. The van der Waals surface area contributed by atoms with Gasteiger partial charge in [0.2, 0.25) is 11.9 Å². The molecule has 0 N–H and O–H groups in total. The Morgan fingerprint density at radius 2 is 1.81 bits per heavy atom. The summed E-state index contributed by atoms with van der Waals surface area (Å²) in [5.74, 6) is 1.24. The van der Waals surface area contributed by atoms with Crippen molar-refractivity contribution in [3.63, 3.8) is 0 Å². The number of amides is 1. The maximum absolute atomic E-state index is 13.4. The smallest absolute Gasteiger partial charge is 0.230 e. The molecule has 1 fully saturated rings. The van der Waals surface area contributed by atoms with E-state index in [1.54, 1.807) is 12.4 Å². The monoisotopic (exact) mass is 427 g/mol. The van der Waals surface area contributed by atoms with Gasteiger partial charge in [-0.1, -0.05) is 24.8 Å². The first kappa shape index (κ1) is 20.5. The van der Waals surface area contributed by atoms with Crippen molar-refractivity contribution in [1.29, 1.82) is 0 Å². The molecule has 5 rings (SSSR count). The van der Waals surface area contributed by atoms with Gasteiger partial charge in [0.25, 0.3) is 0 Å². The van der Waals surface area contributed by atoms with Crippen molar-refractivity contribution in [3.8, 4) is 0 Å². The number of likely N-dealkylation sites (N-methyl/N-ethyl adjacent to an activating group) is 1. The first-order valence-electron chi connectivity index (χ1n) is 11.4. The topological polar surface area (TPSA) is 52.0 Å². The summed E-state index contributed by atoms with van der Waals surface area (Å²) in [6.07, 6.45) is 9.33. The summed E-state index contributed by atoms with van der Waals surface area (Å²) in [5.41, 5.74) is 5.22. The number of piperidine rings is 1. The fourth-order valence-corrected chi connectivity index (χ4v) is 4.86. The van der Waals surface area contributed by atoms with Gasteiger partial charge in [-0.05, 0) is 55.5 Å². The lowest BCUT2D eigenvalue weighted by molar-refractivity contribution is -0.123. The van der Waals surface area contributed by atoms with Crippen molar-refractivity contribution in [2.75, 3.05) is 31.6 Å². The Labute approximate surface area is 189 Å². The van der Waals surface area contributed by atoms with E-state index in [9.17, 15) is 4.79 Å². The molecule has 0 bridgehead atoms. The number of aryl methyl sites for hydroxylation is 1. The number of allylic oxidation sites excluding steroid dienone is 1. The number of pyridine rings is 1. The second kappa shape index (κ2) is 8.61. The number of aliphatic imine (C=N–C) groups is 1. The normalized spacial score (nSPS) is 19.4. The number of rotatable bonds is 2. The molecule has 1 aromatic carbocycles. The Kier molecular flexibility index (Phi) is 5.52. The fraction of sp³-hybridized carbons (Fsp3) is 0.346. The van der Waals surface area contributed by atoms with Crippen LogP contribution in [0.15, 0.2) is 72.1 Å². The van der Waals surface area contributed by atoms with Crippen molar-refractivity contribution in [3.05, 3.63) is 78.3 Å². The summed E-state index contributed by atoms with van der Waals surface area (Å²) in [5, 5.41) is 0. The zero-order chi connectivity index (χ0) is 22.1. The quantitative estimate of drug-likeness (QED) is 0.729. The average molecular weight is 428 g/mol. The molecule has 1 saturated heterocycles. The molecule has 1 amide bonds. The van der Waals surface area contributed by atoms with Gasteiger partial charge in [-0.15, -0.1) is 0 Å². The predicted molar refractivity (Wildman–Crippen MR) is 128 cm³/mol. The number of aromatic nitrogens is 1. The van der Waals surface area contributed by atoms with Crippen molar-refractivity contribution >= 4 is 23.3 Å². The van der Waals surface area contributed by atoms with E-state index in [2.05, 4.69) is 34.7 Å². The Morgan fingerprint density at radius 3 is 2.59 bits per heavy atom. The first-order chi connectivity index (χ1) is 15.6. The van der Waals surface area contributed by atoms with Crippen LogP contribution in [0, 0.1) is 5.92 Å². The summed E-state index contributed by atoms with van der Waals surface area (Å²) in [7, 11) is 2.00. The molecule has 164 valence electrons. The van der Waals surface area contributed by atoms with Crippen LogP contribution in [0.25, 0.3) is 5.70 Å². The number of likely N-dealkylation sites (tertiary alicyclic amines) is 1. The zero-order valence-electron chi connectivity index (χ0n) is 18.6. The SMILES string of the molecule is C=C1C=C(c2ccncc2)N=C(N2CCC(C(=O)N3CCCc4ccccc43)CC2)N1C. The minimum Gasteiger partial charge on any atom is -0.342 e. The number of anilines is 1. The van der Waals surface area contributed by atoms with E-state index < -0.39 is 0 Å². The number of carbonyl (C=O) groups excluding carboxylic acids is 1. The molecule has 4 heterocycles. The molecule has 0 unspecified atom stereocenters. The molecule has 0 saturated carbocycles. The van der Waals surface area contributed by atoms with E-state index in [1.165, 1.54) is 5.56 Å². The van der Waals surface area contributed by atoms with Gasteiger partial charge < -0.3 is 14.7 Å². The van der Waals surface area contributed by atoms with Gasteiger partial charge >= 0.3 is 0 Å². The highest BCUT2D eigenvalue weighted by atomic mass is 16.2. The number of carbonyl (C=O) groups is 1. The van der Waals surface area contributed by atoms with Gasteiger partial charge in [-0.2, -0.15) is 0 Å². The predicted octanol–water partition coefficient (Wildman–Crippen LogP) is 3.93. The number of para-hydroxylation sites is 1. The number of fused-ring (bicyclic) bond motifs is 1. The molecule has 0 spiro atoms. The van der Waals surface area contributed by atoms with Crippen molar-refractivity contribution in [1.82, 2.24) is 14.8 Å². The van der Waals surface area contributed by atoms with Crippen LogP contribution in [0.3, 0.4) is 0 Å². The van der Waals surface area contributed by atoms with Crippen LogP contribution in [0.1, 0.15) is 30.4 Å². The van der Waals surface area contributed by atoms with Crippen LogP contribution in [0.4, 0.5) is 5.69 Å². The Balaban J connectivity index is 1.29. The number of guanidine groups is 1. The molecular formula is C26H29N5O. The van der Waals surface area contributed by atoms with Gasteiger partial charge in [0.1, 0.15) is 0 Å². The highest BCUT2D eigenvalue weighted by molar-refractivity contribution is 5.96. The van der Waals surface area contributed by atoms with Crippen LogP contribution in [-0.2, 0) is 11.2 Å². The molecular weight excluding hydrogens is 398 g/mol. The van der Waals surface area contributed by atoms with Gasteiger partial charge in [0, 0.05) is 61.9 Å². The third-order valence-corrected chi connectivity index (χ3v) is 6.73. The third kappa shape index (κ3) is 3.81. The second-order valence-electron chi connectivity index (χ2n) is 8.71. The summed E-state index contributed by atoms with van der Waals surface area (Å²) in [4.78, 5) is 28.8. The molecule has 1 aromatic heterocycles. The number of nitrogens with zero attached hydrogens (tertiary/aromatic N) is 5. The molecule has 0 radical (unpaired) electrons. The van der Waals surface area contributed by atoms with Gasteiger partial charge in [-0.3, -0.25) is 9.78 Å². The standard InChI is InChI=1S/C26H29N5O/c1-19-18-23(20-9-13-27-14-10-20)28-26(29(19)2)30-16-11-22(12-17-30)25(32)31-15-5-7-21-6-3-4-8-24(21)31/h3-4,6,8-10,13-14,18,22H,1,5,7,11-12,15-17H2,2H3. The van der Waals surface area contributed by atoms with E-state index >= 15 is 0 Å². The van der Waals surface area contributed by atoms with Crippen LogP contribution in [-0.4, -0.2) is 53.3 Å². The highest BCUT2D eigenvalue weighted by Crippen LogP contribution is 2.31. The lowest BCUT2D eigenvalue weighted by atomic mass is 9.93. The van der Waals surface area contributed by atoms with Crippen LogP contribution in [0.5, 0.6) is 0 Å². The van der Waals surface area contributed by atoms with Crippen LogP contribution in [0.2, 0.25) is 0 Å². The molecule has 0 aliphatic carbocycles. The van der Waals surface area contributed by atoms with Gasteiger partial charge in [-0.25, -0.2) is 4.99 Å². The van der Waals surface area contributed by atoms with E-state index in [0.29, 0.717) is 0 Å². The minimum absolute atomic E-state index is 0.0605. The van der Waals surface area contributed by atoms with E-state index in [-0.39, 0.29) is 11.8 Å². The summed E-state index contributed by atoms with van der Waals surface area (Å²) < 4.78 is 0. The molecule has 0 atom stereocenters. The van der Waals surface area contributed by atoms with Crippen molar-refractivity contribution in [2.24, 2.45) is 10.9 Å². The molecule has 6 nitrogen and oxygen atoms in total. The fourth-order valence-electron chi connectivity index (χ4n) is 4.86. The van der Waals surface area contributed by atoms with E-state index in [0.717, 1.165) is 73.9 Å². The summed E-state index contributed by atoms with van der Waals surface area (Å²) in [6.45, 7) is 6.66. The number of hydrogen-bond acceptors (Lipinski definition) is 5. The van der Waals surface area contributed by atoms with Crippen LogP contribution < -0.4 is 4.90 Å². The maximum Gasteiger partial charge on any atom is 0.230 e. The van der Waals surface area contributed by atoms with Gasteiger partial charge in [0.05, 0.1) is 5.70 Å². The van der Waals surface area contributed by atoms with E-state index in [4.69, 9.17) is 4.99 Å². The zero-order valence-corrected chi connectivity index (χ0v) is 18.6. The minimum atomic E-state index is 0.0605. The Morgan fingerprint density at radius 1 is 1.06 bits per heavy atom. The second-order valence-corrected chi connectivity index (χ2v) is 8.71. The molecule has 2 aromatic rings. The van der Waals surface area contributed by atoms with E-state index in [1.807, 2.05) is 41.1 Å². The first-order valence-corrected chi connectivity index (χ1v) is 11.4. The van der Waals surface area contributed by atoms with Crippen LogP contribution >= 0.6 is 0 Å². The number of benzene rings is 1. The highest BCUT2D eigenvalue weighted by Gasteiger charge is 2.33. The Bertz CT molecular complexity index is 1080. The molecule has 3 aliphatic rings. The maximum atomic E-state index is 13.4. The summed E-state index contributed by atoms with van der Waals surface area (Å²) >= 11 is 0. The van der Waals surface area contributed by atoms with Crippen molar-refractivity contribution in [2.45, 2.75) is 25.7 Å². The molecule has 6 heteroatoms. The largest absolute Gasteiger partial charge is 0.342 e. The molecule has 32 heavy (non-hydrogen) atoms. The van der Waals surface area contributed by atoms with Gasteiger partial charge in [0.15, 0.2) is 0 Å². The number of hydrogen-bond donors (Lipinski definition) is 0. The average Bonchev–Trinajstić information content (AvgIpc) is 2.85.